The molecule has 19 heavy (non-hydrogen) atoms. The van der Waals surface area contributed by atoms with Crippen molar-refractivity contribution in [3.63, 3.8) is 0 Å². The number of anilines is 1. The van der Waals surface area contributed by atoms with Crippen LogP contribution < -0.4 is 5.32 Å². The van der Waals surface area contributed by atoms with Crippen molar-refractivity contribution in [2.75, 3.05) is 5.32 Å². The Hall–Kier alpha value is -1.75. The van der Waals surface area contributed by atoms with Crippen molar-refractivity contribution < 1.29 is 13.2 Å². The van der Waals surface area contributed by atoms with Gasteiger partial charge in [0.25, 0.3) is 0 Å². The Bertz CT molecular complexity index is 553. The summed E-state index contributed by atoms with van der Waals surface area (Å²) in [6.45, 7) is 0.466. The topological polar surface area (TPSA) is 24.9 Å². The van der Waals surface area contributed by atoms with Crippen molar-refractivity contribution in [3.8, 4) is 0 Å². The van der Waals surface area contributed by atoms with E-state index in [1.807, 2.05) is 12.1 Å². The minimum Gasteiger partial charge on any atom is -0.380 e. The molecular weight excluding hydrogens is 277 g/mol. The first kappa shape index (κ1) is 13.7. The van der Waals surface area contributed by atoms with Crippen molar-refractivity contribution in [1.29, 1.82) is 0 Å². The predicted octanol–water partition coefficient (Wildman–Crippen LogP) is 4.37. The van der Waals surface area contributed by atoms with E-state index in [1.165, 1.54) is 6.07 Å². The van der Waals surface area contributed by atoms with Gasteiger partial charge in [-0.15, -0.1) is 0 Å². The maximum atomic E-state index is 12.3. The molecule has 0 fully saturated rings. The van der Waals surface area contributed by atoms with E-state index in [0.717, 1.165) is 17.8 Å². The van der Waals surface area contributed by atoms with Crippen LogP contribution in [-0.4, -0.2) is 4.98 Å². The van der Waals surface area contributed by atoms with Gasteiger partial charge in [-0.1, -0.05) is 23.7 Å². The Kier molecular flexibility index (Phi) is 3.95. The number of aromatic nitrogens is 1. The van der Waals surface area contributed by atoms with E-state index in [-0.39, 0.29) is 0 Å². The molecule has 0 bridgehead atoms. The quantitative estimate of drug-likeness (QED) is 0.906. The zero-order chi connectivity index (χ0) is 13.9. The molecule has 2 rings (SSSR count). The third-order valence-corrected chi connectivity index (χ3v) is 2.67. The Morgan fingerprint density at radius 2 is 1.95 bits per heavy atom. The zero-order valence-corrected chi connectivity index (χ0v) is 10.5. The second-order valence-electron chi connectivity index (χ2n) is 3.91. The van der Waals surface area contributed by atoms with Crippen LogP contribution in [0.1, 0.15) is 11.3 Å². The highest BCUT2D eigenvalue weighted by Crippen LogP contribution is 2.27. The van der Waals surface area contributed by atoms with Crippen LogP contribution in [0.2, 0.25) is 5.02 Å². The van der Waals surface area contributed by atoms with Gasteiger partial charge in [0.1, 0.15) is 5.69 Å². The number of nitrogens with one attached hydrogen (secondary N) is 1. The third-order valence-electron chi connectivity index (χ3n) is 2.44. The summed E-state index contributed by atoms with van der Waals surface area (Å²) < 4.78 is 37.0. The standard InChI is InChI=1S/C13H10ClF3N2/c14-10-3-1-2-9(6-10)7-18-11-4-5-12(19-8-11)13(15,16)17/h1-6,8,18H,7H2. The molecule has 0 saturated heterocycles. The molecule has 0 aliphatic carbocycles. The van der Waals surface area contributed by atoms with Gasteiger partial charge >= 0.3 is 6.18 Å². The SMILES string of the molecule is FC(F)(F)c1ccc(NCc2cccc(Cl)c2)cn1. The van der Waals surface area contributed by atoms with Gasteiger partial charge in [-0.25, -0.2) is 4.98 Å². The van der Waals surface area contributed by atoms with Crippen LogP contribution in [0, 0.1) is 0 Å². The van der Waals surface area contributed by atoms with Gasteiger partial charge in [0.2, 0.25) is 0 Å². The first-order valence-electron chi connectivity index (χ1n) is 5.47. The fourth-order valence-corrected chi connectivity index (χ4v) is 1.73. The molecule has 2 aromatic rings. The van der Waals surface area contributed by atoms with E-state index in [2.05, 4.69) is 10.3 Å². The summed E-state index contributed by atoms with van der Waals surface area (Å²) in [6.07, 6.45) is -3.25. The van der Waals surface area contributed by atoms with E-state index in [0.29, 0.717) is 17.3 Å². The Morgan fingerprint density at radius 1 is 1.16 bits per heavy atom. The lowest BCUT2D eigenvalue weighted by molar-refractivity contribution is -0.141. The van der Waals surface area contributed by atoms with Crippen LogP contribution in [-0.2, 0) is 12.7 Å². The van der Waals surface area contributed by atoms with Crippen molar-refractivity contribution in [1.82, 2.24) is 4.98 Å². The molecule has 2 nitrogen and oxygen atoms in total. The first-order chi connectivity index (χ1) is 8.95. The summed E-state index contributed by atoms with van der Waals surface area (Å²) in [7, 11) is 0. The molecule has 0 unspecified atom stereocenters. The predicted molar refractivity (Wildman–Crippen MR) is 68.0 cm³/mol. The second-order valence-corrected chi connectivity index (χ2v) is 4.35. The fraction of sp³-hybridized carbons (Fsp3) is 0.154. The molecule has 0 aliphatic rings. The summed E-state index contributed by atoms with van der Waals surface area (Å²) in [5, 5.41) is 3.59. The van der Waals surface area contributed by atoms with Crippen LogP contribution in [0.3, 0.4) is 0 Å². The van der Waals surface area contributed by atoms with Crippen molar-refractivity contribution in [2.24, 2.45) is 0 Å². The number of rotatable bonds is 3. The van der Waals surface area contributed by atoms with Crippen LogP contribution in [0.4, 0.5) is 18.9 Å². The third kappa shape index (κ3) is 3.86. The normalized spacial score (nSPS) is 11.4. The molecular formula is C13H10ClF3N2. The Morgan fingerprint density at radius 3 is 2.53 bits per heavy atom. The summed E-state index contributed by atoms with van der Waals surface area (Å²) in [6, 6.07) is 9.51. The highest BCUT2D eigenvalue weighted by molar-refractivity contribution is 6.30. The van der Waals surface area contributed by atoms with Crippen molar-refractivity contribution in [2.45, 2.75) is 12.7 Å². The molecule has 0 saturated carbocycles. The summed E-state index contributed by atoms with van der Waals surface area (Å²) in [5.74, 6) is 0. The van der Waals surface area contributed by atoms with E-state index in [4.69, 9.17) is 11.6 Å². The number of pyridine rings is 1. The Balaban J connectivity index is 2.01. The van der Waals surface area contributed by atoms with Gasteiger partial charge in [0.05, 0.1) is 11.9 Å². The first-order valence-corrected chi connectivity index (χ1v) is 5.84. The minimum atomic E-state index is -4.41. The van der Waals surface area contributed by atoms with Gasteiger partial charge < -0.3 is 5.32 Å². The fourth-order valence-electron chi connectivity index (χ4n) is 1.52. The van der Waals surface area contributed by atoms with Gasteiger partial charge in [-0.3, -0.25) is 0 Å². The van der Waals surface area contributed by atoms with Crippen molar-refractivity contribution in [3.05, 3.63) is 58.9 Å². The molecule has 1 aromatic heterocycles. The number of nitrogens with zero attached hydrogens (tertiary/aromatic N) is 1. The highest BCUT2D eigenvalue weighted by Gasteiger charge is 2.31. The van der Waals surface area contributed by atoms with E-state index >= 15 is 0 Å². The summed E-state index contributed by atoms with van der Waals surface area (Å²) in [5.41, 5.74) is 0.557. The molecule has 0 atom stereocenters. The number of halogens is 4. The average Bonchev–Trinajstić information content (AvgIpc) is 2.36. The zero-order valence-electron chi connectivity index (χ0n) is 9.71. The maximum absolute atomic E-state index is 12.3. The van der Waals surface area contributed by atoms with Crippen molar-refractivity contribution >= 4 is 17.3 Å². The number of benzene rings is 1. The molecule has 0 aliphatic heterocycles. The average molecular weight is 287 g/mol. The van der Waals surface area contributed by atoms with Gasteiger partial charge in [-0.05, 0) is 29.8 Å². The van der Waals surface area contributed by atoms with Crippen LogP contribution in [0.15, 0.2) is 42.6 Å². The summed E-state index contributed by atoms with van der Waals surface area (Å²) in [4.78, 5) is 3.37. The lowest BCUT2D eigenvalue weighted by Crippen LogP contribution is -2.08. The maximum Gasteiger partial charge on any atom is 0.433 e. The largest absolute Gasteiger partial charge is 0.433 e. The Labute approximate surface area is 113 Å². The molecule has 0 radical (unpaired) electrons. The van der Waals surface area contributed by atoms with Crippen LogP contribution in [0.5, 0.6) is 0 Å². The van der Waals surface area contributed by atoms with Gasteiger partial charge in [-0.2, -0.15) is 13.2 Å². The number of alkyl halides is 3. The lowest BCUT2D eigenvalue weighted by atomic mass is 10.2. The van der Waals surface area contributed by atoms with E-state index < -0.39 is 11.9 Å². The second kappa shape index (κ2) is 5.48. The molecule has 1 heterocycles. The molecule has 1 N–H and O–H groups in total. The lowest BCUT2D eigenvalue weighted by Gasteiger charge is -2.09. The highest BCUT2D eigenvalue weighted by atomic mass is 35.5. The molecule has 0 spiro atoms. The van der Waals surface area contributed by atoms with Crippen LogP contribution in [0.25, 0.3) is 0 Å². The van der Waals surface area contributed by atoms with Crippen LogP contribution >= 0.6 is 11.6 Å². The van der Waals surface area contributed by atoms with E-state index in [9.17, 15) is 13.2 Å². The number of hydrogen-bond acceptors (Lipinski definition) is 2. The van der Waals surface area contributed by atoms with Gasteiger partial charge in [0, 0.05) is 11.6 Å². The smallest absolute Gasteiger partial charge is 0.380 e. The van der Waals surface area contributed by atoms with Gasteiger partial charge in [0.15, 0.2) is 0 Å². The molecule has 1 aromatic carbocycles. The molecule has 6 heteroatoms. The molecule has 100 valence electrons. The number of hydrogen-bond donors (Lipinski definition) is 1. The monoisotopic (exact) mass is 286 g/mol. The molecule has 0 amide bonds. The summed E-state index contributed by atoms with van der Waals surface area (Å²) >= 11 is 5.83. The van der Waals surface area contributed by atoms with E-state index in [1.54, 1.807) is 12.1 Å². The minimum absolute atomic E-state index is 0.466.